The average molecular weight is 297 g/mol. The molecule has 5 heteroatoms. The Morgan fingerprint density at radius 2 is 1.82 bits per heavy atom. The van der Waals surface area contributed by atoms with E-state index in [0.29, 0.717) is 5.69 Å². The SMILES string of the molecule is O=C(CNc1ccc(F)cc1)N/N=C/C=C/c1ccccc1. The first kappa shape index (κ1) is 15.4. The molecular formula is C17H16FN3O. The zero-order chi connectivity index (χ0) is 15.6. The highest BCUT2D eigenvalue weighted by Crippen LogP contribution is 2.07. The van der Waals surface area contributed by atoms with Crippen molar-refractivity contribution in [3.8, 4) is 0 Å². The van der Waals surface area contributed by atoms with Crippen LogP contribution in [0.15, 0.2) is 65.8 Å². The Balaban J connectivity index is 1.70. The predicted octanol–water partition coefficient (Wildman–Crippen LogP) is 3.05. The largest absolute Gasteiger partial charge is 0.376 e. The first-order valence-electron chi connectivity index (χ1n) is 6.77. The number of rotatable bonds is 6. The van der Waals surface area contributed by atoms with Crippen LogP contribution >= 0.6 is 0 Å². The van der Waals surface area contributed by atoms with Gasteiger partial charge in [-0.2, -0.15) is 5.10 Å². The first-order chi connectivity index (χ1) is 10.7. The van der Waals surface area contributed by atoms with E-state index in [4.69, 9.17) is 0 Å². The van der Waals surface area contributed by atoms with Crippen molar-refractivity contribution in [2.24, 2.45) is 5.10 Å². The molecule has 0 unspecified atom stereocenters. The minimum absolute atomic E-state index is 0.0609. The van der Waals surface area contributed by atoms with Gasteiger partial charge in [0.05, 0.1) is 6.54 Å². The Morgan fingerprint density at radius 1 is 1.09 bits per heavy atom. The van der Waals surface area contributed by atoms with Gasteiger partial charge in [0.15, 0.2) is 0 Å². The molecule has 0 aliphatic rings. The Morgan fingerprint density at radius 3 is 2.55 bits per heavy atom. The highest BCUT2D eigenvalue weighted by molar-refractivity contribution is 5.83. The van der Waals surface area contributed by atoms with E-state index in [9.17, 15) is 9.18 Å². The molecule has 22 heavy (non-hydrogen) atoms. The van der Waals surface area contributed by atoms with Gasteiger partial charge in [-0.05, 0) is 35.9 Å². The molecule has 0 spiro atoms. The van der Waals surface area contributed by atoms with Crippen LogP contribution in [0, 0.1) is 5.82 Å². The summed E-state index contributed by atoms with van der Waals surface area (Å²) in [5.74, 6) is -0.599. The Hall–Kier alpha value is -2.95. The number of hydrazone groups is 1. The number of halogens is 1. The average Bonchev–Trinajstić information content (AvgIpc) is 2.55. The second-order valence-corrected chi connectivity index (χ2v) is 4.44. The van der Waals surface area contributed by atoms with Crippen molar-refractivity contribution >= 4 is 23.9 Å². The van der Waals surface area contributed by atoms with E-state index in [2.05, 4.69) is 15.8 Å². The number of carbonyl (C=O) groups excluding carboxylic acids is 1. The third kappa shape index (κ3) is 5.58. The van der Waals surface area contributed by atoms with Gasteiger partial charge in [0.2, 0.25) is 0 Å². The smallest absolute Gasteiger partial charge is 0.259 e. The molecule has 4 nitrogen and oxygen atoms in total. The lowest BCUT2D eigenvalue weighted by Gasteiger charge is -2.04. The number of allylic oxidation sites excluding steroid dienone is 1. The van der Waals surface area contributed by atoms with Crippen LogP contribution in [0.4, 0.5) is 10.1 Å². The highest BCUT2D eigenvalue weighted by Gasteiger charge is 1.99. The van der Waals surface area contributed by atoms with Gasteiger partial charge in [-0.15, -0.1) is 0 Å². The molecule has 2 rings (SSSR count). The van der Waals surface area contributed by atoms with Crippen molar-refractivity contribution in [2.75, 3.05) is 11.9 Å². The van der Waals surface area contributed by atoms with Crippen LogP contribution in [0.25, 0.3) is 6.08 Å². The van der Waals surface area contributed by atoms with Crippen LogP contribution in [0.3, 0.4) is 0 Å². The molecule has 0 saturated carbocycles. The van der Waals surface area contributed by atoms with Crippen LogP contribution < -0.4 is 10.7 Å². The summed E-state index contributed by atoms with van der Waals surface area (Å²) >= 11 is 0. The molecule has 0 radical (unpaired) electrons. The fraction of sp³-hybridized carbons (Fsp3) is 0.0588. The summed E-state index contributed by atoms with van der Waals surface area (Å²) in [7, 11) is 0. The number of hydrogen-bond donors (Lipinski definition) is 2. The second-order valence-electron chi connectivity index (χ2n) is 4.44. The maximum Gasteiger partial charge on any atom is 0.259 e. The van der Waals surface area contributed by atoms with Gasteiger partial charge in [-0.25, -0.2) is 9.82 Å². The molecule has 0 fully saturated rings. The topological polar surface area (TPSA) is 53.5 Å². The zero-order valence-electron chi connectivity index (χ0n) is 11.9. The van der Waals surface area contributed by atoms with E-state index in [1.165, 1.54) is 18.3 Å². The summed E-state index contributed by atoms with van der Waals surface area (Å²) in [6.07, 6.45) is 5.12. The van der Waals surface area contributed by atoms with Crippen LogP contribution in [0.5, 0.6) is 0 Å². The molecule has 0 saturated heterocycles. The van der Waals surface area contributed by atoms with Crippen molar-refractivity contribution in [2.45, 2.75) is 0 Å². The highest BCUT2D eigenvalue weighted by atomic mass is 19.1. The van der Waals surface area contributed by atoms with Crippen LogP contribution in [-0.2, 0) is 4.79 Å². The van der Waals surface area contributed by atoms with Gasteiger partial charge < -0.3 is 5.32 Å². The maximum absolute atomic E-state index is 12.7. The monoisotopic (exact) mass is 297 g/mol. The lowest BCUT2D eigenvalue weighted by Crippen LogP contribution is -2.25. The van der Waals surface area contributed by atoms with Crippen molar-refractivity contribution in [1.82, 2.24) is 5.43 Å². The minimum atomic E-state index is -0.315. The molecule has 112 valence electrons. The van der Waals surface area contributed by atoms with Gasteiger partial charge >= 0.3 is 0 Å². The van der Waals surface area contributed by atoms with Crippen LogP contribution in [-0.4, -0.2) is 18.7 Å². The van der Waals surface area contributed by atoms with E-state index in [-0.39, 0.29) is 18.3 Å². The number of nitrogens with zero attached hydrogens (tertiary/aromatic N) is 1. The quantitative estimate of drug-likeness (QED) is 0.636. The standard InChI is InChI=1S/C17H16FN3O/c18-15-8-10-16(11-9-15)19-13-17(22)21-20-12-4-7-14-5-2-1-3-6-14/h1-12,19H,13H2,(H,21,22)/b7-4+,20-12+. The van der Waals surface area contributed by atoms with Crippen molar-refractivity contribution in [3.63, 3.8) is 0 Å². The summed E-state index contributed by atoms with van der Waals surface area (Å²) in [5, 5.41) is 6.67. The van der Waals surface area contributed by atoms with Crippen LogP contribution in [0.1, 0.15) is 5.56 Å². The van der Waals surface area contributed by atoms with Crippen molar-refractivity contribution in [1.29, 1.82) is 0 Å². The summed E-state index contributed by atoms with van der Waals surface area (Å²) in [4.78, 5) is 11.5. The fourth-order valence-corrected chi connectivity index (χ4v) is 1.66. The van der Waals surface area contributed by atoms with Crippen molar-refractivity contribution < 1.29 is 9.18 Å². The zero-order valence-corrected chi connectivity index (χ0v) is 11.9. The lowest BCUT2D eigenvalue weighted by atomic mass is 10.2. The van der Waals surface area contributed by atoms with Gasteiger partial charge in [0.1, 0.15) is 5.82 Å². The normalized spacial score (nSPS) is 11.0. The number of amides is 1. The van der Waals surface area contributed by atoms with E-state index >= 15 is 0 Å². The molecular weight excluding hydrogens is 281 g/mol. The van der Waals surface area contributed by atoms with Gasteiger partial charge in [0, 0.05) is 11.9 Å². The molecule has 2 N–H and O–H groups in total. The first-order valence-corrected chi connectivity index (χ1v) is 6.77. The van der Waals surface area contributed by atoms with E-state index in [1.807, 2.05) is 36.4 Å². The minimum Gasteiger partial charge on any atom is -0.376 e. The lowest BCUT2D eigenvalue weighted by molar-refractivity contribution is -0.119. The summed E-state index contributed by atoms with van der Waals surface area (Å²) in [6.45, 7) is 0.0609. The Labute approximate surface area is 128 Å². The molecule has 2 aromatic carbocycles. The summed E-state index contributed by atoms with van der Waals surface area (Å²) in [6, 6.07) is 15.5. The molecule has 0 aromatic heterocycles. The number of anilines is 1. The van der Waals surface area contributed by atoms with Crippen LogP contribution in [0.2, 0.25) is 0 Å². The molecule has 2 aromatic rings. The third-order valence-electron chi connectivity index (χ3n) is 2.74. The Kier molecular flexibility index (Phi) is 5.87. The number of carbonyl (C=O) groups is 1. The number of hydrogen-bond acceptors (Lipinski definition) is 3. The second kappa shape index (κ2) is 8.36. The fourth-order valence-electron chi connectivity index (χ4n) is 1.66. The molecule has 0 atom stereocenters. The number of nitrogens with one attached hydrogen (secondary N) is 2. The summed E-state index contributed by atoms with van der Waals surface area (Å²) < 4.78 is 12.7. The third-order valence-corrected chi connectivity index (χ3v) is 2.74. The molecule has 0 aliphatic carbocycles. The van der Waals surface area contributed by atoms with Crippen molar-refractivity contribution in [3.05, 3.63) is 72.1 Å². The van der Waals surface area contributed by atoms with Gasteiger partial charge in [-0.1, -0.05) is 36.4 Å². The predicted molar refractivity (Wildman–Crippen MR) is 87.0 cm³/mol. The van der Waals surface area contributed by atoms with Gasteiger partial charge in [-0.3, -0.25) is 4.79 Å². The molecule has 1 amide bonds. The van der Waals surface area contributed by atoms with Gasteiger partial charge in [0.25, 0.3) is 5.91 Å². The van der Waals surface area contributed by atoms with E-state index in [0.717, 1.165) is 5.56 Å². The maximum atomic E-state index is 12.7. The molecule has 0 aliphatic heterocycles. The van der Waals surface area contributed by atoms with E-state index in [1.54, 1.807) is 18.2 Å². The molecule has 0 heterocycles. The Bertz CT molecular complexity index is 651. The number of benzene rings is 2. The summed E-state index contributed by atoms with van der Waals surface area (Å²) in [5.41, 5.74) is 4.12. The molecule has 0 bridgehead atoms. The van der Waals surface area contributed by atoms with E-state index < -0.39 is 0 Å².